The summed E-state index contributed by atoms with van der Waals surface area (Å²) >= 11 is 2.72. The maximum Gasteiger partial charge on any atom is 0.352 e. The molecule has 3 rings (SSSR count). The summed E-state index contributed by atoms with van der Waals surface area (Å²) in [6, 6.07) is 2.85. The monoisotopic (exact) mass is 438 g/mol. The number of thioether (sulfide) groups is 1. The fourth-order valence-corrected chi connectivity index (χ4v) is 5.04. The van der Waals surface area contributed by atoms with Crippen molar-refractivity contribution >= 4 is 52.6 Å². The van der Waals surface area contributed by atoms with Crippen LogP contribution in [0, 0.1) is 0 Å². The van der Waals surface area contributed by atoms with E-state index in [4.69, 9.17) is 4.74 Å². The van der Waals surface area contributed by atoms with E-state index in [2.05, 4.69) is 5.32 Å². The Morgan fingerprint density at radius 3 is 2.72 bits per heavy atom. The second-order valence-electron chi connectivity index (χ2n) is 6.51. The van der Waals surface area contributed by atoms with E-state index >= 15 is 0 Å². The number of nitrogens with one attached hydrogen (secondary N) is 1. The van der Waals surface area contributed by atoms with Crippen molar-refractivity contribution in [3.63, 3.8) is 0 Å². The summed E-state index contributed by atoms with van der Waals surface area (Å²) in [5.41, 5.74) is 0.0329. The number of β-lactam (4-membered cyclic amide) rings is 1. The predicted octanol–water partition coefficient (Wildman–Crippen LogP) is 0.552. The van der Waals surface area contributed by atoms with Crippen LogP contribution in [0.25, 0.3) is 0 Å². The van der Waals surface area contributed by atoms with Crippen LogP contribution < -0.4 is 5.32 Å². The highest BCUT2D eigenvalue weighted by molar-refractivity contribution is 8.00. The van der Waals surface area contributed by atoms with Gasteiger partial charge in [0, 0.05) is 16.2 Å². The zero-order valence-electron chi connectivity index (χ0n) is 15.4. The third-order valence-electron chi connectivity index (χ3n) is 4.28. The van der Waals surface area contributed by atoms with Crippen LogP contribution in [0.5, 0.6) is 0 Å². The molecular formula is C18H18N2O7S2. The highest BCUT2D eigenvalue weighted by atomic mass is 32.2. The number of aliphatic carboxylic acids is 1. The number of thiophene rings is 1. The van der Waals surface area contributed by atoms with Gasteiger partial charge in [-0.1, -0.05) is 6.07 Å². The summed E-state index contributed by atoms with van der Waals surface area (Å²) in [6.07, 6.45) is -0.246. The van der Waals surface area contributed by atoms with Crippen molar-refractivity contribution in [1.82, 2.24) is 10.2 Å². The number of ether oxygens (including phenoxy) is 1. The van der Waals surface area contributed by atoms with E-state index in [9.17, 15) is 29.1 Å². The molecule has 3 heterocycles. The van der Waals surface area contributed by atoms with Crippen LogP contribution in [-0.4, -0.2) is 63.3 Å². The molecule has 1 aromatic rings. The first-order chi connectivity index (χ1) is 13.8. The number of fused-ring (bicyclic) bond motifs is 1. The molecule has 0 unspecified atom stereocenters. The van der Waals surface area contributed by atoms with Crippen molar-refractivity contribution in [3.05, 3.63) is 33.7 Å². The van der Waals surface area contributed by atoms with Gasteiger partial charge in [0.2, 0.25) is 5.91 Å². The molecule has 0 saturated carbocycles. The number of carbonyl (C=O) groups is 5. The largest absolute Gasteiger partial charge is 0.477 e. The normalized spacial score (nSPS) is 20.6. The molecule has 11 heteroatoms. The van der Waals surface area contributed by atoms with Gasteiger partial charge in [0.05, 0.1) is 6.42 Å². The second-order valence-corrected chi connectivity index (χ2v) is 8.65. The van der Waals surface area contributed by atoms with Crippen LogP contribution >= 0.6 is 23.1 Å². The van der Waals surface area contributed by atoms with Gasteiger partial charge in [-0.2, -0.15) is 0 Å². The maximum absolute atomic E-state index is 12.5. The average Bonchev–Trinajstić information content (AvgIpc) is 3.15. The number of hydrogen-bond acceptors (Lipinski definition) is 8. The summed E-state index contributed by atoms with van der Waals surface area (Å²) in [5.74, 6) is -3.04. The Hall–Kier alpha value is -2.66. The van der Waals surface area contributed by atoms with Gasteiger partial charge in [-0.15, -0.1) is 23.1 Å². The molecular weight excluding hydrogens is 420 g/mol. The SMILES string of the molecule is CC(=O)CC(=O)OCC1=C(C(=O)O)N2C(=O)[C@@H](NC(=O)Cc3cccs3)[C@H]2SC1. The topological polar surface area (TPSA) is 130 Å². The lowest BCUT2D eigenvalue weighted by molar-refractivity contribution is -0.151. The van der Waals surface area contributed by atoms with E-state index in [-0.39, 0.29) is 41.7 Å². The second kappa shape index (κ2) is 8.78. The molecule has 0 spiro atoms. The molecule has 2 aliphatic heterocycles. The van der Waals surface area contributed by atoms with Gasteiger partial charge in [0.15, 0.2) is 0 Å². The minimum atomic E-state index is -1.32. The lowest BCUT2D eigenvalue weighted by Gasteiger charge is -2.49. The molecule has 9 nitrogen and oxygen atoms in total. The van der Waals surface area contributed by atoms with Gasteiger partial charge in [0.1, 0.15) is 35.9 Å². The molecule has 1 fully saturated rings. The number of carboxylic acids is 1. The average molecular weight is 438 g/mol. The Morgan fingerprint density at radius 2 is 2.10 bits per heavy atom. The van der Waals surface area contributed by atoms with Crippen molar-refractivity contribution in [2.75, 3.05) is 12.4 Å². The van der Waals surface area contributed by atoms with Crippen LogP contribution in [0.1, 0.15) is 18.2 Å². The summed E-state index contributed by atoms with van der Waals surface area (Å²) < 4.78 is 4.96. The Labute approximate surface area is 174 Å². The first-order valence-electron chi connectivity index (χ1n) is 8.64. The van der Waals surface area contributed by atoms with Gasteiger partial charge in [0.25, 0.3) is 5.91 Å². The lowest BCUT2D eigenvalue weighted by Crippen LogP contribution is -2.70. The third kappa shape index (κ3) is 4.67. The number of amides is 2. The van der Waals surface area contributed by atoms with Crippen molar-refractivity contribution in [2.24, 2.45) is 0 Å². The molecule has 0 radical (unpaired) electrons. The molecule has 0 aromatic carbocycles. The number of carboxylic acid groups (broad SMARTS) is 1. The fraction of sp³-hybridized carbons (Fsp3) is 0.389. The summed E-state index contributed by atoms with van der Waals surface area (Å²) in [4.78, 5) is 60.9. The van der Waals surface area contributed by atoms with Gasteiger partial charge < -0.3 is 15.2 Å². The Morgan fingerprint density at radius 1 is 1.34 bits per heavy atom. The van der Waals surface area contributed by atoms with Crippen molar-refractivity contribution in [3.8, 4) is 0 Å². The molecule has 2 aliphatic rings. The van der Waals surface area contributed by atoms with E-state index in [1.54, 1.807) is 0 Å². The van der Waals surface area contributed by atoms with Crippen LogP contribution in [0.4, 0.5) is 0 Å². The van der Waals surface area contributed by atoms with Gasteiger partial charge in [-0.25, -0.2) is 4.79 Å². The molecule has 2 amide bonds. The molecule has 29 heavy (non-hydrogen) atoms. The minimum Gasteiger partial charge on any atom is -0.477 e. The molecule has 0 aliphatic carbocycles. The smallest absolute Gasteiger partial charge is 0.352 e. The van der Waals surface area contributed by atoms with Gasteiger partial charge >= 0.3 is 11.9 Å². The number of Topliss-reactive ketones (excluding diaryl/α,β-unsaturated/α-hetero) is 1. The molecule has 2 atom stereocenters. The first-order valence-corrected chi connectivity index (χ1v) is 10.6. The number of carbonyl (C=O) groups excluding carboxylic acids is 4. The summed E-state index contributed by atoms with van der Waals surface area (Å²) in [6.45, 7) is 0.933. The van der Waals surface area contributed by atoms with E-state index < -0.39 is 35.7 Å². The first kappa shape index (κ1) is 21.1. The molecule has 0 bridgehead atoms. The minimum absolute atomic E-state index is 0.151. The van der Waals surface area contributed by atoms with Crippen LogP contribution in [0.15, 0.2) is 28.8 Å². The number of ketones is 1. The summed E-state index contributed by atoms with van der Waals surface area (Å²) in [7, 11) is 0. The predicted molar refractivity (Wildman–Crippen MR) is 104 cm³/mol. The molecule has 1 saturated heterocycles. The van der Waals surface area contributed by atoms with Crippen molar-refractivity contribution < 1.29 is 33.8 Å². The maximum atomic E-state index is 12.5. The highest BCUT2D eigenvalue weighted by Crippen LogP contribution is 2.40. The quantitative estimate of drug-likeness (QED) is 0.342. The summed E-state index contributed by atoms with van der Waals surface area (Å²) in [5, 5.41) is 13.5. The Kier molecular flexibility index (Phi) is 6.38. The highest BCUT2D eigenvalue weighted by Gasteiger charge is 2.54. The van der Waals surface area contributed by atoms with E-state index in [1.807, 2.05) is 17.5 Å². The van der Waals surface area contributed by atoms with Crippen molar-refractivity contribution in [1.29, 1.82) is 0 Å². The van der Waals surface area contributed by atoms with Crippen LogP contribution in [0.3, 0.4) is 0 Å². The third-order valence-corrected chi connectivity index (χ3v) is 6.50. The van der Waals surface area contributed by atoms with Gasteiger partial charge in [-0.05, 0) is 18.4 Å². The van der Waals surface area contributed by atoms with Crippen molar-refractivity contribution in [2.45, 2.75) is 31.2 Å². The fourth-order valence-electron chi connectivity index (χ4n) is 3.01. The molecule has 154 valence electrons. The van der Waals surface area contributed by atoms with Crippen LogP contribution in [-0.2, 0) is 35.1 Å². The van der Waals surface area contributed by atoms with Crippen LogP contribution in [0.2, 0.25) is 0 Å². The Balaban J connectivity index is 1.66. The zero-order chi connectivity index (χ0) is 21.1. The lowest BCUT2D eigenvalue weighted by atomic mass is 10.0. The van der Waals surface area contributed by atoms with E-state index in [0.29, 0.717) is 0 Å². The number of rotatable bonds is 8. The number of esters is 1. The molecule has 2 N–H and O–H groups in total. The number of nitrogens with zero attached hydrogens (tertiary/aromatic N) is 1. The number of hydrogen-bond donors (Lipinski definition) is 2. The van der Waals surface area contributed by atoms with E-state index in [1.165, 1.54) is 30.0 Å². The molecule has 1 aromatic heterocycles. The van der Waals surface area contributed by atoms with E-state index in [0.717, 1.165) is 9.78 Å². The van der Waals surface area contributed by atoms with Gasteiger partial charge in [-0.3, -0.25) is 24.1 Å². The zero-order valence-corrected chi connectivity index (χ0v) is 17.0. The Bertz CT molecular complexity index is 894. The standard InChI is InChI=1S/C18H18N2O7S2/c1-9(21)5-13(23)27-7-10-8-29-17-14(16(24)20(17)15(10)18(25)26)19-12(22)6-11-3-2-4-28-11/h2-4,14,17H,5-8H2,1H3,(H,19,22)(H,25,26)/t14-,17-/m1/s1.